The number of thiophene rings is 1. The molecule has 118 valence electrons. The summed E-state index contributed by atoms with van der Waals surface area (Å²) in [6, 6.07) is 10.2. The molecule has 1 atom stereocenters. The van der Waals surface area contributed by atoms with Crippen molar-refractivity contribution in [2.24, 2.45) is 4.99 Å². The first-order valence-electron chi connectivity index (χ1n) is 7.33. The summed E-state index contributed by atoms with van der Waals surface area (Å²) in [5.74, 6) is 2.07. The van der Waals surface area contributed by atoms with Gasteiger partial charge >= 0.3 is 0 Å². The summed E-state index contributed by atoms with van der Waals surface area (Å²) >= 11 is 1.70. The Kier molecular flexibility index (Phi) is 6.27. The van der Waals surface area contributed by atoms with Gasteiger partial charge in [0.05, 0.1) is 7.11 Å². The first kappa shape index (κ1) is 16.4. The molecule has 1 aromatic heterocycles. The second-order valence-electron chi connectivity index (χ2n) is 5.08. The van der Waals surface area contributed by atoms with Crippen LogP contribution in [0.15, 0.2) is 46.1 Å². The van der Waals surface area contributed by atoms with Crippen molar-refractivity contribution in [3.05, 3.63) is 52.2 Å². The van der Waals surface area contributed by atoms with E-state index in [9.17, 15) is 0 Å². The molecule has 0 aliphatic rings. The number of benzene rings is 1. The number of hydrogen-bond acceptors (Lipinski definition) is 3. The average molecular weight is 317 g/mol. The lowest BCUT2D eigenvalue weighted by Crippen LogP contribution is -2.38. The minimum atomic E-state index is 0.329. The Labute approximate surface area is 136 Å². The summed E-state index contributed by atoms with van der Waals surface area (Å²) in [5, 5.41) is 10.9. The number of methoxy groups -OCH3 is 1. The zero-order valence-corrected chi connectivity index (χ0v) is 14.1. The quantitative estimate of drug-likeness (QED) is 0.635. The fourth-order valence-electron chi connectivity index (χ4n) is 2.23. The molecule has 2 N–H and O–H groups in total. The maximum atomic E-state index is 5.42. The zero-order valence-electron chi connectivity index (χ0n) is 13.3. The van der Waals surface area contributed by atoms with Crippen LogP contribution in [-0.2, 0) is 6.54 Å². The minimum absolute atomic E-state index is 0.329. The van der Waals surface area contributed by atoms with Crippen molar-refractivity contribution in [3.8, 4) is 5.75 Å². The molecule has 0 spiro atoms. The SMILES string of the molecule is CN=C(NCc1ccsc1)NCC(C)c1ccccc1OC. The highest BCUT2D eigenvalue weighted by atomic mass is 32.1. The molecule has 2 rings (SSSR count). The summed E-state index contributed by atoms with van der Waals surface area (Å²) < 4.78 is 5.42. The van der Waals surface area contributed by atoms with Gasteiger partial charge in [-0.2, -0.15) is 11.3 Å². The van der Waals surface area contributed by atoms with E-state index >= 15 is 0 Å². The average Bonchev–Trinajstić information content (AvgIpc) is 3.08. The molecule has 0 aliphatic heterocycles. The molecule has 2 aromatic rings. The lowest BCUT2D eigenvalue weighted by molar-refractivity contribution is 0.406. The number of ether oxygens (including phenoxy) is 1. The normalized spacial score (nSPS) is 12.8. The van der Waals surface area contributed by atoms with E-state index in [1.165, 1.54) is 11.1 Å². The number of guanidine groups is 1. The van der Waals surface area contributed by atoms with Gasteiger partial charge in [0, 0.05) is 26.1 Å². The lowest BCUT2D eigenvalue weighted by atomic mass is 10.0. The highest BCUT2D eigenvalue weighted by Crippen LogP contribution is 2.25. The third kappa shape index (κ3) is 4.49. The van der Waals surface area contributed by atoms with E-state index in [-0.39, 0.29) is 0 Å². The first-order chi connectivity index (χ1) is 10.7. The number of rotatable bonds is 6. The molecule has 0 amide bonds. The van der Waals surface area contributed by atoms with E-state index in [4.69, 9.17) is 4.74 Å². The maximum Gasteiger partial charge on any atom is 0.191 e. The van der Waals surface area contributed by atoms with Gasteiger partial charge in [0.2, 0.25) is 0 Å². The number of hydrogen-bond donors (Lipinski definition) is 2. The van der Waals surface area contributed by atoms with Crippen molar-refractivity contribution < 1.29 is 4.74 Å². The van der Waals surface area contributed by atoms with E-state index in [0.29, 0.717) is 5.92 Å². The van der Waals surface area contributed by atoms with Crippen LogP contribution in [0.25, 0.3) is 0 Å². The summed E-state index contributed by atoms with van der Waals surface area (Å²) in [5.41, 5.74) is 2.47. The van der Waals surface area contributed by atoms with Crippen LogP contribution in [-0.4, -0.2) is 26.7 Å². The molecule has 5 heteroatoms. The standard InChI is InChI=1S/C17H23N3OS/c1-13(15-6-4-5-7-16(15)21-3)10-19-17(18-2)20-11-14-8-9-22-12-14/h4-9,12-13H,10-11H2,1-3H3,(H2,18,19,20). The van der Waals surface area contributed by atoms with Gasteiger partial charge in [-0.05, 0) is 34.0 Å². The van der Waals surface area contributed by atoms with E-state index in [1.807, 2.05) is 18.2 Å². The largest absolute Gasteiger partial charge is 0.496 e. The Bertz CT molecular complexity index is 596. The number of nitrogens with zero attached hydrogens (tertiary/aromatic N) is 1. The van der Waals surface area contributed by atoms with Crippen LogP contribution in [0.1, 0.15) is 24.0 Å². The molecule has 1 unspecified atom stereocenters. The maximum absolute atomic E-state index is 5.42. The third-order valence-electron chi connectivity index (χ3n) is 3.51. The molecular weight excluding hydrogens is 294 g/mol. The molecule has 0 saturated carbocycles. The van der Waals surface area contributed by atoms with E-state index in [2.05, 4.69) is 45.4 Å². The summed E-state index contributed by atoms with van der Waals surface area (Å²) in [6.45, 7) is 3.76. The number of para-hydroxylation sites is 1. The zero-order chi connectivity index (χ0) is 15.8. The van der Waals surface area contributed by atoms with Crippen molar-refractivity contribution in [1.29, 1.82) is 0 Å². The van der Waals surface area contributed by atoms with E-state index in [0.717, 1.165) is 24.8 Å². The van der Waals surface area contributed by atoms with Gasteiger partial charge in [-0.15, -0.1) is 0 Å². The molecule has 0 saturated heterocycles. The van der Waals surface area contributed by atoms with Crippen molar-refractivity contribution >= 4 is 17.3 Å². The van der Waals surface area contributed by atoms with Crippen LogP contribution in [0.3, 0.4) is 0 Å². The van der Waals surface area contributed by atoms with Gasteiger partial charge in [0.25, 0.3) is 0 Å². The molecule has 1 aromatic carbocycles. The molecular formula is C17H23N3OS. The van der Waals surface area contributed by atoms with Crippen molar-refractivity contribution in [2.45, 2.75) is 19.4 Å². The highest BCUT2D eigenvalue weighted by molar-refractivity contribution is 7.07. The van der Waals surface area contributed by atoms with E-state index in [1.54, 1.807) is 25.5 Å². The van der Waals surface area contributed by atoms with Gasteiger partial charge in [-0.3, -0.25) is 4.99 Å². The minimum Gasteiger partial charge on any atom is -0.496 e. The molecule has 22 heavy (non-hydrogen) atoms. The predicted molar refractivity (Wildman–Crippen MR) is 93.9 cm³/mol. The van der Waals surface area contributed by atoms with Crippen LogP contribution in [0.2, 0.25) is 0 Å². The lowest BCUT2D eigenvalue weighted by Gasteiger charge is -2.18. The van der Waals surface area contributed by atoms with Crippen LogP contribution < -0.4 is 15.4 Å². The first-order valence-corrected chi connectivity index (χ1v) is 8.27. The van der Waals surface area contributed by atoms with Crippen LogP contribution in [0, 0.1) is 0 Å². The molecule has 4 nitrogen and oxygen atoms in total. The molecule has 0 aliphatic carbocycles. The Balaban J connectivity index is 1.87. The van der Waals surface area contributed by atoms with Crippen molar-refractivity contribution in [3.63, 3.8) is 0 Å². The van der Waals surface area contributed by atoms with Crippen molar-refractivity contribution in [2.75, 3.05) is 20.7 Å². The Morgan fingerprint density at radius 2 is 2.09 bits per heavy atom. The van der Waals surface area contributed by atoms with E-state index < -0.39 is 0 Å². The summed E-state index contributed by atoms with van der Waals surface area (Å²) in [7, 11) is 3.50. The van der Waals surface area contributed by atoms with Gasteiger partial charge in [-0.1, -0.05) is 25.1 Å². The van der Waals surface area contributed by atoms with Crippen LogP contribution in [0.5, 0.6) is 5.75 Å². The second-order valence-corrected chi connectivity index (χ2v) is 5.86. The predicted octanol–water partition coefficient (Wildman–Crippen LogP) is 3.23. The fraction of sp³-hybridized carbons (Fsp3) is 0.353. The number of aliphatic imine (C=N–C) groups is 1. The Hall–Kier alpha value is -2.01. The van der Waals surface area contributed by atoms with Crippen LogP contribution >= 0.6 is 11.3 Å². The van der Waals surface area contributed by atoms with Crippen molar-refractivity contribution in [1.82, 2.24) is 10.6 Å². The smallest absolute Gasteiger partial charge is 0.191 e. The molecule has 0 fully saturated rings. The summed E-state index contributed by atoms with van der Waals surface area (Å²) in [6.07, 6.45) is 0. The van der Waals surface area contributed by atoms with Gasteiger partial charge in [0.1, 0.15) is 5.75 Å². The molecule has 0 radical (unpaired) electrons. The monoisotopic (exact) mass is 317 g/mol. The van der Waals surface area contributed by atoms with Gasteiger partial charge < -0.3 is 15.4 Å². The highest BCUT2D eigenvalue weighted by Gasteiger charge is 2.11. The molecule has 0 bridgehead atoms. The molecule has 1 heterocycles. The topological polar surface area (TPSA) is 45.7 Å². The van der Waals surface area contributed by atoms with Gasteiger partial charge in [-0.25, -0.2) is 0 Å². The third-order valence-corrected chi connectivity index (χ3v) is 4.24. The Morgan fingerprint density at radius 3 is 2.77 bits per heavy atom. The Morgan fingerprint density at radius 1 is 1.27 bits per heavy atom. The van der Waals surface area contributed by atoms with Gasteiger partial charge in [0.15, 0.2) is 5.96 Å². The summed E-state index contributed by atoms with van der Waals surface area (Å²) in [4.78, 5) is 4.26. The second kappa shape index (κ2) is 8.44. The van der Waals surface area contributed by atoms with Crippen LogP contribution in [0.4, 0.5) is 0 Å². The fourth-order valence-corrected chi connectivity index (χ4v) is 2.90. The number of nitrogens with one attached hydrogen (secondary N) is 2.